The highest BCUT2D eigenvalue weighted by Gasteiger charge is 2.17. The Morgan fingerprint density at radius 1 is 0.931 bits per heavy atom. The Kier molecular flexibility index (Phi) is 5.64. The van der Waals surface area contributed by atoms with E-state index in [9.17, 15) is 14.0 Å². The number of amides is 2. The fraction of sp³-hybridized carbons (Fsp3) is 0.130. The molecule has 6 heteroatoms. The number of nitrogens with one attached hydrogen (secondary N) is 1. The molecule has 148 valence electrons. The molecule has 0 saturated heterocycles. The summed E-state index contributed by atoms with van der Waals surface area (Å²) < 4.78 is 19.3. The Morgan fingerprint density at radius 2 is 1.66 bits per heavy atom. The van der Waals surface area contributed by atoms with Crippen LogP contribution < -0.4 is 15.8 Å². The Labute approximate surface area is 168 Å². The number of hydrogen-bond donors (Lipinski definition) is 2. The van der Waals surface area contributed by atoms with Gasteiger partial charge in [0.25, 0.3) is 5.91 Å². The van der Waals surface area contributed by atoms with Gasteiger partial charge in [-0.05, 0) is 74.4 Å². The standard InChI is InChI=1S/C23H21FN2O3/c1-13-7-9-21(29-20-10-8-16(24)12-14(20)2)18(11-13)23(28)26-19-6-4-5-17(15(19)3)22(25)27/h4-12H,1-3H3,(H2,25,27)(H,26,28). The van der Waals surface area contributed by atoms with Crippen molar-refractivity contribution in [2.24, 2.45) is 5.73 Å². The highest BCUT2D eigenvalue weighted by Crippen LogP contribution is 2.30. The minimum absolute atomic E-state index is 0.317. The summed E-state index contributed by atoms with van der Waals surface area (Å²) >= 11 is 0. The quantitative estimate of drug-likeness (QED) is 0.648. The second-order valence-corrected chi connectivity index (χ2v) is 6.81. The molecule has 0 heterocycles. The summed E-state index contributed by atoms with van der Waals surface area (Å²) in [5.74, 6) is -0.526. The molecule has 0 spiro atoms. The molecule has 0 atom stereocenters. The van der Waals surface area contributed by atoms with Gasteiger partial charge in [-0.15, -0.1) is 0 Å². The minimum Gasteiger partial charge on any atom is -0.456 e. The number of rotatable bonds is 5. The van der Waals surface area contributed by atoms with Gasteiger partial charge in [-0.2, -0.15) is 0 Å². The van der Waals surface area contributed by atoms with Gasteiger partial charge in [0.15, 0.2) is 0 Å². The van der Waals surface area contributed by atoms with Gasteiger partial charge >= 0.3 is 0 Å². The van der Waals surface area contributed by atoms with E-state index in [0.29, 0.717) is 39.4 Å². The van der Waals surface area contributed by atoms with Crippen LogP contribution in [-0.4, -0.2) is 11.8 Å². The second-order valence-electron chi connectivity index (χ2n) is 6.81. The molecular formula is C23H21FN2O3. The van der Waals surface area contributed by atoms with E-state index in [2.05, 4.69) is 5.32 Å². The molecule has 0 aromatic heterocycles. The average Bonchev–Trinajstić information content (AvgIpc) is 2.66. The number of primary amides is 1. The van der Waals surface area contributed by atoms with E-state index in [0.717, 1.165) is 5.56 Å². The molecule has 3 rings (SSSR count). The van der Waals surface area contributed by atoms with Gasteiger partial charge in [0.1, 0.15) is 17.3 Å². The van der Waals surface area contributed by atoms with Crippen molar-refractivity contribution >= 4 is 17.5 Å². The Balaban J connectivity index is 1.94. The monoisotopic (exact) mass is 392 g/mol. The van der Waals surface area contributed by atoms with Crippen LogP contribution in [0.15, 0.2) is 54.6 Å². The average molecular weight is 392 g/mol. The molecule has 0 saturated carbocycles. The van der Waals surface area contributed by atoms with E-state index < -0.39 is 11.8 Å². The highest BCUT2D eigenvalue weighted by atomic mass is 19.1. The molecule has 3 aromatic rings. The van der Waals surface area contributed by atoms with Gasteiger partial charge in [0.2, 0.25) is 5.91 Å². The molecule has 0 unspecified atom stereocenters. The van der Waals surface area contributed by atoms with Crippen LogP contribution >= 0.6 is 0 Å². The molecule has 3 N–H and O–H groups in total. The lowest BCUT2D eigenvalue weighted by molar-refractivity contribution is 0.0995. The third kappa shape index (κ3) is 4.43. The van der Waals surface area contributed by atoms with Crippen LogP contribution in [0.1, 0.15) is 37.4 Å². The number of ether oxygens (including phenoxy) is 1. The van der Waals surface area contributed by atoms with Crippen LogP contribution in [0.5, 0.6) is 11.5 Å². The van der Waals surface area contributed by atoms with Crippen molar-refractivity contribution in [3.05, 3.63) is 88.2 Å². The second kappa shape index (κ2) is 8.14. The fourth-order valence-corrected chi connectivity index (χ4v) is 2.98. The van der Waals surface area contributed by atoms with Crippen LogP contribution in [0.2, 0.25) is 0 Å². The third-order valence-corrected chi connectivity index (χ3v) is 4.58. The maximum atomic E-state index is 13.4. The van der Waals surface area contributed by atoms with E-state index in [-0.39, 0.29) is 5.82 Å². The third-order valence-electron chi connectivity index (χ3n) is 4.58. The van der Waals surface area contributed by atoms with Crippen LogP contribution in [0.4, 0.5) is 10.1 Å². The lowest BCUT2D eigenvalue weighted by atomic mass is 10.1. The van der Waals surface area contributed by atoms with Crippen LogP contribution in [-0.2, 0) is 0 Å². The molecule has 0 bridgehead atoms. The number of nitrogens with two attached hydrogens (primary N) is 1. The van der Waals surface area contributed by atoms with Crippen molar-refractivity contribution in [2.45, 2.75) is 20.8 Å². The van der Waals surface area contributed by atoms with E-state index >= 15 is 0 Å². The van der Waals surface area contributed by atoms with Crippen molar-refractivity contribution in [1.29, 1.82) is 0 Å². The van der Waals surface area contributed by atoms with Crippen molar-refractivity contribution in [3.8, 4) is 11.5 Å². The van der Waals surface area contributed by atoms with Gasteiger partial charge in [0.05, 0.1) is 5.56 Å². The molecule has 3 aromatic carbocycles. The number of hydrogen-bond acceptors (Lipinski definition) is 3. The van der Waals surface area contributed by atoms with E-state index in [1.54, 1.807) is 44.2 Å². The molecule has 0 fully saturated rings. The highest BCUT2D eigenvalue weighted by molar-refractivity contribution is 6.07. The number of carbonyl (C=O) groups is 2. The van der Waals surface area contributed by atoms with Gasteiger partial charge < -0.3 is 15.8 Å². The Hall–Kier alpha value is -3.67. The van der Waals surface area contributed by atoms with E-state index in [1.165, 1.54) is 18.2 Å². The molecule has 0 aliphatic rings. The predicted octanol–water partition coefficient (Wildman–Crippen LogP) is 4.89. The van der Waals surface area contributed by atoms with Crippen molar-refractivity contribution in [1.82, 2.24) is 0 Å². The van der Waals surface area contributed by atoms with Crippen LogP contribution in [0, 0.1) is 26.6 Å². The minimum atomic E-state index is -0.565. The summed E-state index contributed by atoms with van der Waals surface area (Å²) in [6.45, 7) is 5.30. The van der Waals surface area contributed by atoms with Crippen molar-refractivity contribution < 1.29 is 18.7 Å². The zero-order valence-electron chi connectivity index (χ0n) is 16.4. The van der Waals surface area contributed by atoms with Gasteiger partial charge in [-0.1, -0.05) is 17.7 Å². The predicted molar refractivity (Wildman–Crippen MR) is 110 cm³/mol. The molecule has 29 heavy (non-hydrogen) atoms. The summed E-state index contributed by atoms with van der Waals surface area (Å²) in [6, 6.07) is 14.4. The largest absolute Gasteiger partial charge is 0.456 e. The van der Waals surface area contributed by atoms with Crippen molar-refractivity contribution in [3.63, 3.8) is 0 Å². The SMILES string of the molecule is Cc1ccc(Oc2ccc(F)cc2C)c(C(=O)Nc2cccc(C(N)=O)c2C)c1. The molecule has 2 amide bonds. The molecule has 5 nitrogen and oxygen atoms in total. The van der Waals surface area contributed by atoms with Crippen LogP contribution in [0.25, 0.3) is 0 Å². The first-order valence-electron chi connectivity index (χ1n) is 9.01. The number of aryl methyl sites for hydroxylation is 2. The molecular weight excluding hydrogens is 371 g/mol. The van der Waals surface area contributed by atoms with Gasteiger partial charge in [-0.25, -0.2) is 4.39 Å². The molecule has 0 aliphatic carbocycles. The first kappa shape index (κ1) is 20.1. The number of anilines is 1. The lowest BCUT2D eigenvalue weighted by Crippen LogP contribution is -2.17. The zero-order chi connectivity index (χ0) is 21.1. The van der Waals surface area contributed by atoms with E-state index in [1.807, 2.05) is 13.0 Å². The molecule has 0 aliphatic heterocycles. The molecule has 0 radical (unpaired) electrons. The smallest absolute Gasteiger partial charge is 0.259 e. The maximum absolute atomic E-state index is 13.4. The summed E-state index contributed by atoms with van der Waals surface area (Å²) in [6.07, 6.45) is 0. The van der Waals surface area contributed by atoms with Gasteiger partial charge in [0, 0.05) is 11.3 Å². The van der Waals surface area contributed by atoms with Crippen LogP contribution in [0.3, 0.4) is 0 Å². The first-order valence-corrected chi connectivity index (χ1v) is 9.01. The van der Waals surface area contributed by atoms with Gasteiger partial charge in [-0.3, -0.25) is 9.59 Å². The lowest BCUT2D eigenvalue weighted by Gasteiger charge is -2.15. The summed E-state index contributed by atoms with van der Waals surface area (Å²) in [5.41, 5.74) is 8.59. The maximum Gasteiger partial charge on any atom is 0.259 e. The summed E-state index contributed by atoms with van der Waals surface area (Å²) in [4.78, 5) is 24.5. The number of carbonyl (C=O) groups excluding carboxylic acids is 2. The van der Waals surface area contributed by atoms with E-state index in [4.69, 9.17) is 10.5 Å². The number of halogens is 1. The fourth-order valence-electron chi connectivity index (χ4n) is 2.98. The topological polar surface area (TPSA) is 81.4 Å². The normalized spacial score (nSPS) is 10.5. The Bertz CT molecular complexity index is 1110. The summed E-state index contributed by atoms with van der Waals surface area (Å²) in [7, 11) is 0. The Morgan fingerprint density at radius 3 is 2.34 bits per heavy atom. The first-order chi connectivity index (χ1) is 13.8. The number of benzene rings is 3. The van der Waals surface area contributed by atoms with Crippen molar-refractivity contribution in [2.75, 3.05) is 5.32 Å². The zero-order valence-corrected chi connectivity index (χ0v) is 16.4. The summed E-state index contributed by atoms with van der Waals surface area (Å²) in [5, 5.41) is 2.81.